The fourth-order valence-corrected chi connectivity index (χ4v) is 4.97. The number of hydrogen-bond donors (Lipinski definition) is 0. The quantitative estimate of drug-likeness (QED) is 0.598. The number of benzene rings is 2. The fourth-order valence-electron chi connectivity index (χ4n) is 3.89. The number of nitrogens with zero attached hydrogens (tertiary/aromatic N) is 3. The summed E-state index contributed by atoms with van der Waals surface area (Å²) in [7, 11) is 0. The van der Waals surface area contributed by atoms with Crippen molar-refractivity contribution < 1.29 is 9.53 Å². The molecule has 0 atom stereocenters. The van der Waals surface area contributed by atoms with E-state index in [0.717, 1.165) is 64.9 Å². The summed E-state index contributed by atoms with van der Waals surface area (Å²) in [6.45, 7) is 11.1. The highest BCUT2D eigenvalue weighted by Gasteiger charge is 2.22. The van der Waals surface area contributed by atoms with Crippen molar-refractivity contribution in [3.05, 3.63) is 58.7 Å². The second kappa shape index (κ2) is 9.25. The molecule has 1 aliphatic rings. The lowest BCUT2D eigenvalue weighted by atomic mass is 10.0. The number of rotatable bonds is 6. The molecule has 1 aromatic heterocycles. The molecule has 3 aromatic rings. The second-order valence-corrected chi connectivity index (χ2v) is 9.03. The van der Waals surface area contributed by atoms with Crippen LogP contribution in [0.3, 0.4) is 0 Å². The third-order valence-corrected chi connectivity index (χ3v) is 6.77. The number of carbonyl (C=O) groups excluding carboxylic acids is 1. The van der Waals surface area contributed by atoms with Gasteiger partial charge in [0.1, 0.15) is 0 Å². The molecule has 158 valence electrons. The van der Waals surface area contributed by atoms with Crippen molar-refractivity contribution in [2.45, 2.75) is 27.2 Å². The van der Waals surface area contributed by atoms with Crippen LogP contribution in [0.1, 0.15) is 22.3 Å². The number of fused-ring (bicyclic) bond motifs is 1. The number of carbonyl (C=O) groups is 1. The zero-order valence-corrected chi connectivity index (χ0v) is 18.8. The Balaban J connectivity index is 1.59. The molecule has 1 amide bonds. The van der Waals surface area contributed by atoms with E-state index in [1.165, 1.54) is 5.56 Å². The van der Waals surface area contributed by atoms with Crippen LogP contribution in [-0.4, -0.2) is 55.2 Å². The van der Waals surface area contributed by atoms with Gasteiger partial charge in [-0.05, 0) is 43.5 Å². The minimum absolute atomic E-state index is 0.104. The predicted octanol–water partition coefficient (Wildman–Crippen LogP) is 4.13. The average molecular weight is 424 g/mol. The molecule has 1 aliphatic heterocycles. The van der Waals surface area contributed by atoms with Crippen LogP contribution in [0.4, 0.5) is 5.13 Å². The Morgan fingerprint density at radius 3 is 2.67 bits per heavy atom. The second-order valence-electron chi connectivity index (χ2n) is 8.02. The molecule has 1 saturated heterocycles. The standard InChI is InChI=1S/C24H29N3O2S/c1-17-7-8-20(19(3)15-17)16-22(28)27(10-9-26-11-13-29-14-12-26)24-25-23-18(2)5-4-6-21(23)30-24/h4-8,15H,9-14,16H2,1-3H3. The van der Waals surface area contributed by atoms with Gasteiger partial charge in [-0.15, -0.1) is 0 Å². The molecule has 0 unspecified atom stereocenters. The van der Waals surface area contributed by atoms with Crippen molar-refractivity contribution in [1.29, 1.82) is 0 Å². The number of hydrogen-bond acceptors (Lipinski definition) is 5. The van der Waals surface area contributed by atoms with E-state index in [1.807, 2.05) is 4.90 Å². The first-order chi connectivity index (χ1) is 14.5. The van der Waals surface area contributed by atoms with Crippen LogP contribution in [-0.2, 0) is 16.0 Å². The van der Waals surface area contributed by atoms with Gasteiger partial charge in [-0.25, -0.2) is 4.98 Å². The summed E-state index contributed by atoms with van der Waals surface area (Å²) >= 11 is 1.60. The molecule has 1 fully saturated rings. The van der Waals surface area contributed by atoms with E-state index in [0.29, 0.717) is 13.0 Å². The minimum Gasteiger partial charge on any atom is -0.379 e. The summed E-state index contributed by atoms with van der Waals surface area (Å²) in [5.74, 6) is 0.104. The smallest absolute Gasteiger partial charge is 0.233 e. The third kappa shape index (κ3) is 4.72. The molecule has 0 aliphatic carbocycles. The summed E-state index contributed by atoms with van der Waals surface area (Å²) in [5, 5.41) is 0.794. The number of aryl methyl sites for hydroxylation is 3. The maximum Gasteiger partial charge on any atom is 0.233 e. The Labute approximate surface area is 182 Å². The normalized spacial score (nSPS) is 14.9. The predicted molar refractivity (Wildman–Crippen MR) is 124 cm³/mol. The van der Waals surface area contributed by atoms with E-state index in [-0.39, 0.29) is 5.91 Å². The van der Waals surface area contributed by atoms with Gasteiger partial charge in [-0.1, -0.05) is 47.2 Å². The van der Waals surface area contributed by atoms with Crippen LogP contribution in [0.15, 0.2) is 36.4 Å². The number of amides is 1. The number of thiazole rings is 1. The summed E-state index contributed by atoms with van der Waals surface area (Å²) in [6.07, 6.45) is 0.393. The molecule has 5 nitrogen and oxygen atoms in total. The van der Waals surface area contributed by atoms with E-state index in [9.17, 15) is 4.79 Å². The van der Waals surface area contributed by atoms with Crippen LogP contribution in [0, 0.1) is 20.8 Å². The van der Waals surface area contributed by atoms with Crippen LogP contribution in [0.5, 0.6) is 0 Å². The Kier molecular flexibility index (Phi) is 6.46. The fraction of sp³-hybridized carbons (Fsp3) is 0.417. The minimum atomic E-state index is 0.104. The Hall–Kier alpha value is -2.28. The number of para-hydroxylation sites is 1. The zero-order chi connectivity index (χ0) is 21.1. The highest BCUT2D eigenvalue weighted by Crippen LogP contribution is 2.31. The van der Waals surface area contributed by atoms with Gasteiger partial charge >= 0.3 is 0 Å². The third-order valence-electron chi connectivity index (χ3n) is 5.72. The molecule has 4 rings (SSSR count). The maximum absolute atomic E-state index is 13.4. The van der Waals surface area contributed by atoms with Crippen molar-refractivity contribution >= 4 is 32.6 Å². The van der Waals surface area contributed by atoms with Crippen molar-refractivity contribution in [2.75, 3.05) is 44.3 Å². The Morgan fingerprint density at radius 1 is 1.13 bits per heavy atom. The first-order valence-corrected chi connectivity index (χ1v) is 11.4. The highest BCUT2D eigenvalue weighted by atomic mass is 32.1. The monoisotopic (exact) mass is 423 g/mol. The summed E-state index contributed by atoms with van der Waals surface area (Å²) in [4.78, 5) is 22.5. The Morgan fingerprint density at radius 2 is 1.93 bits per heavy atom. The number of aromatic nitrogens is 1. The van der Waals surface area contributed by atoms with Gasteiger partial charge in [0.2, 0.25) is 5.91 Å². The van der Waals surface area contributed by atoms with Gasteiger partial charge < -0.3 is 4.74 Å². The van der Waals surface area contributed by atoms with Crippen molar-refractivity contribution in [2.24, 2.45) is 0 Å². The zero-order valence-electron chi connectivity index (χ0n) is 18.0. The van der Waals surface area contributed by atoms with Gasteiger partial charge in [-0.2, -0.15) is 0 Å². The summed E-state index contributed by atoms with van der Waals surface area (Å²) in [5.41, 5.74) is 5.60. The molecule has 2 aromatic carbocycles. The molecular weight excluding hydrogens is 394 g/mol. The van der Waals surface area contributed by atoms with Crippen molar-refractivity contribution in [3.63, 3.8) is 0 Å². The lowest BCUT2D eigenvalue weighted by Crippen LogP contribution is -2.43. The van der Waals surface area contributed by atoms with Gasteiger partial charge in [0.05, 0.1) is 29.9 Å². The number of ether oxygens (including phenoxy) is 1. The summed E-state index contributed by atoms with van der Waals surface area (Å²) in [6, 6.07) is 12.5. The molecule has 0 N–H and O–H groups in total. The van der Waals surface area contributed by atoms with Crippen molar-refractivity contribution in [1.82, 2.24) is 9.88 Å². The van der Waals surface area contributed by atoms with E-state index >= 15 is 0 Å². The lowest BCUT2D eigenvalue weighted by Gasteiger charge is -2.29. The van der Waals surface area contributed by atoms with Crippen LogP contribution >= 0.6 is 11.3 Å². The molecule has 0 bridgehead atoms. The molecule has 0 saturated carbocycles. The Bertz CT molecular complexity index is 1040. The maximum atomic E-state index is 13.4. The molecule has 6 heteroatoms. The molecular formula is C24H29N3O2S. The molecule has 2 heterocycles. The molecule has 0 radical (unpaired) electrons. The van der Waals surface area contributed by atoms with Crippen LogP contribution in [0.25, 0.3) is 10.2 Å². The number of anilines is 1. The van der Waals surface area contributed by atoms with E-state index < -0.39 is 0 Å². The van der Waals surface area contributed by atoms with E-state index in [1.54, 1.807) is 11.3 Å². The topological polar surface area (TPSA) is 45.7 Å². The average Bonchev–Trinajstić information content (AvgIpc) is 3.16. The lowest BCUT2D eigenvalue weighted by molar-refractivity contribution is -0.118. The van der Waals surface area contributed by atoms with Gasteiger partial charge in [0.25, 0.3) is 0 Å². The SMILES string of the molecule is Cc1ccc(CC(=O)N(CCN2CCOCC2)c2nc3c(C)cccc3s2)c(C)c1. The van der Waals surface area contributed by atoms with Crippen LogP contribution in [0.2, 0.25) is 0 Å². The van der Waals surface area contributed by atoms with Gasteiger partial charge in [-0.3, -0.25) is 14.6 Å². The highest BCUT2D eigenvalue weighted by molar-refractivity contribution is 7.22. The molecule has 0 spiro atoms. The first-order valence-electron chi connectivity index (χ1n) is 10.5. The summed E-state index contributed by atoms with van der Waals surface area (Å²) < 4.78 is 6.59. The van der Waals surface area contributed by atoms with E-state index in [4.69, 9.17) is 9.72 Å². The number of morpholine rings is 1. The van der Waals surface area contributed by atoms with Gasteiger partial charge in [0, 0.05) is 26.2 Å². The van der Waals surface area contributed by atoms with Crippen LogP contribution < -0.4 is 4.90 Å². The first kappa shape index (κ1) is 21.0. The largest absolute Gasteiger partial charge is 0.379 e. The van der Waals surface area contributed by atoms with Crippen molar-refractivity contribution in [3.8, 4) is 0 Å². The van der Waals surface area contributed by atoms with Gasteiger partial charge in [0.15, 0.2) is 5.13 Å². The molecule has 30 heavy (non-hydrogen) atoms. The van der Waals surface area contributed by atoms with E-state index in [2.05, 4.69) is 62.1 Å².